The van der Waals surface area contributed by atoms with E-state index in [4.69, 9.17) is 4.42 Å². The van der Waals surface area contributed by atoms with Crippen LogP contribution in [0.2, 0.25) is 0 Å². The van der Waals surface area contributed by atoms with E-state index < -0.39 is 17.5 Å². The molecule has 0 amide bonds. The number of alkyl halides is 3. The molecule has 7 heteroatoms. The van der Waals surface area contributed by atoms with Gasteiger partial charge in [-0.15, -0.1) is 0 Å². The highest BCUT2D eigenvalue weighted by Gasteiger charge is 2.30. The van der Waals surface area contributed by atoms with Crippen molar-refractivity contribution in [1.82, 2.24) is 9.88 Å². The molecule has 1 saturated carbocycles. The topological polar surface area (TPSA) is 49.2 Å². The van der Waals surface area contributed by atoms with Gasteiger partial charge in [-0.1, -0.05) is 18.2 Å². The number of rotatable bonds is 6. The fourth-order valence-electron chi connectivity index (χ4n) is 4.64. The number of hydrogen-bond donors (Lipinski definition) is 1. The second-order valence-corrected chi connectivity index (χ2v) is 8.55. The summed E-state index contributed by atoms with van der Waals surface area (Å²) in [5, 5.41) is 0. The highest BCUT2D eigenvalue weighted by molar-refractivity contribution is 5.72. The quantitative estimate of drug-likeness (QED) is 0.541. The Morgan fingerprint density at radius 2 is 1.77 bits per heavy atom. The average Bonchev–Trinajstić information content (AvgIpc) is 3.12. The molecule has 4 nitrogen and oxygen atoms in total. The van der Waals surface area contributed by atoms with Crippen LogP contribution in [0.3, 0.4) is 0 Å². The minimum Gasteiger partial charge on any atom is -0.408 e. The van der Waals surface area contributed by atoms with Crippen LogP contribution in [0.1, 0.15) is 54.7 Å². The molecule has 1 fully saturated rings. The van der Waals surface area contributed by atoms with Gasteiger partial charge in [-0.25, -0.2) is 4.79 Å². The second kappa shape index (κ2) is 8.91. The maximum atomic E-state index is 12.7. The van der Waals surface area contributed by atoms with Crippen molar-refractivity contribution in [3.05, 3.63) is 69.7 Å². The number of halogens is 3. The Bertz CT molecular complexity index is 1060. The maximum Gasteiger partial charge on any atom is 0.417 e. The van der Waals surface area contributed by atoms with E-state index in [1.54, 1.807) is 12.1 Å². The lowest BCUT2D eigenvalue weighted by Gasteiger charge is -2.35. The van der Waals surface area contributed by atoms with Gasteiger partial charge >= 0.3 is 11.9 Å². The Balaban J connectivity index is 1.24. The lowest BCUT2D eigenvalue weighted by Crippen LogP contribution is -2.35. The Labute approximate surface area is 179 Å². The lowest BCUT2D eigenvalue weighted by molar-refractivity contribution is -0.137. The molecule has 0 aliphatic heterocycles. The monoisotopic (exact) mass is 432 g/mol. The van der Waals surface area contributed by atoms with Gasteiger partial charge in [0.15, 0.2) is 5.58 Å². The van der Waals surface area contributed by atoms with Crippen LogP contribution in [0.25, 0.3) is 11.1 Å². The predicted molar refractivity (Wildman–Crippen MR) is 114 cm³/mol. The largest absolute Gasteiger partial charge is 0.417 e. The summed E-state index contributed by atoms with van der Waals surface area (Å²) in [4.78, 5) is 16.4. The Morgan fingerprint density at radius 3 is 2.45 bits per heavy atom. The fourth-order valence-corrected chi connectivity index (χ4v) is 4.64. The van der Waals surface area contributed by atoms with Gasteiger partial charge in [0.05, 0.1) is 11.1 Å². The number of H-pyrrole nitrogens is 1. The zero-order valence-corrected chi connectivity index (χ0v) is 17.5. The number of fused-ring (bicyclic) bond motifs is 1. The Morgan fingerprint density at radius 1 is 1.06 bits per heavy atom. The molecular formula is C24H27F3N2O2. The first-order valence-corrected chi connectivity index (χ1v) is 10.8. The van der Waals surface area contributed by atoms with Gasteiger partial charge in [0.2, 0.25) is 0 Å². The summed E-state index contributed by atoms with van der Waals surface area (Å²) in [6.07, 6.45) is 1.82. The van der Waals surface area contributed by atoms with Crippen LogP contribution in [0.5, 0.6) is 0 Å². The van der Waals surface area contributed by atoms with Crippen LogP contribution in [0, 0.1) is 0 Å². The van der Waals surface area contributed by atoms with Gasteiger partial charge in [-0.05, 0) is 93.4 Å². The van der Waals surface area contributed by atoms with Crippen molar-refractivity contribution in [3.63, 3.8) is 0 Å². The minimum absolute atomic E-state index is 0.422. The maximum absolute atomic E-state index is 12.7. The molecule has 0 unspecified atom stereocenters. The molecule has 0 spiro atoms. The van der Waals surface area contributed by atoms with Crippen molar-refractivity contribution in [2.75, 3.05) is 13.6 Å². The van der Waals surface area contributed by atoms with E-state index in [2.05, 4.69) is 23.0 Å². The molecule has 4 rings (SSSR count). The first kappa shape index (κ1) is 21.7. The third-order valence-corrected chi connectivity index (χ3v) is 6.49. The Kier molecular flexibility index (Phi) is 6.23. The van der Waals surface area contributed by atoms with E-state index in [1.165, 1.54) is 5.56 Å². The van der Waals surface area contributed by atoms with Crippen LogP contribution in [0.15, 0.2) is 51.7 Å². The second-order valence-electron chi connectivity index (χ2n) is 8.55. The van der Waals surface area contributed by atoms with E-state index >= 15 is 0 Å². The number of nitrogens with zero attached hydrogens (tertiary/aromatic N) is 1. The van der Waals surface area contributed by atoms with Crippen molar-refractivity contribution in [3.8, 4) is 0 Å². The zero-order valence-electron chi connectivity index (χ0n) is 17.5. The molecule has 0 radical (unpaired) electrons. The van der Waals surface area contributed by atoms with Crippen LogP contribution in [-0.2, 0) is 12.6 Å². The molecular weight excluding hydrogens is 405 g/mol. The summed E-state index contributed by atoms with van der Waals surface area (Å²) in [7, 11) is 2.14. The van der Waals surface area contributed by atoms with Crippen LogP contribution in [-0.4, -0.2) is 29.5 Å². The molecule has 31 heavy (non-hydrogen) atoms. The number of aryl methyl sites for hydroxylation is 1. The average molecular weight is 432 g/mol. The molecule has 1 aliphatic carbocycles. The van der Waals surface area contributed by atoms with Gasteiger partial charge in [-0.3, -0.25) is 4.98 Å². The number of nitrogens with one attached hydrogen (secondary N) is 1. The zero-order chi connectivity index (χ0) is 22.0. The first-order chi connectivity index (χ1) is 14.8. The normalized spacial score (nSPS) is 19.9. The molecule has 0 atom stereocenters. The molecule has 1 N–H and O–H groups in total. The molecule has 1 aromatic heterocycles. The van der Waals surface area contributed by atoms with Crippen LogP contribution in [0.4, 0.5) is 13.2 Å². The van der Waals surface area contributed by atoms with E-state index in [-0.39, 0.29) is 0 Å². The highest BCUT2D eigenvalue weighted by atomic mass is 19.4. The van der Waals surface area contributed by atoms with Crippen molar-refractivity contribution in [2.45, 2.75) is 56.7 Å². The van der Waals surface area contributed by atoms with Crippen LogP contribution < -0.4 is 5.76 Å². The number of oxazole rings is 1. The predicted octanol–water partition coefficient (Wildman–Crippen LogP) is 5.73. The SMILES string of the molecule is CN(CCCc1ccc(C(F)(F)F)cc1)[C@H]1CC[C@H](c2ccc3[nH]c(=O)oc3c2)CC1. The molecule has 3 aromatic rings. The van der Waals surface area contributed by atoms with Crippen molar-refractivity contribution >= 4 is 11.1 Å². The summed E-state index contributed by atoms with van der Waals surface area (Å²) in [5.74, 6) is 0.0511. The number of hydrogen-bond acceptors (Lipinski definition) is 3. The Hall–Kier alpha value is -2.54. The summed E-state index contributed by atoms with van der Waals surface area (Å²) < 4.78 is 43.2. The standard InChI is InChI=1S/C24H27F3N2O2/c1-29(14-2-3-16-4-9-19(10-5-16)24(25,26)27)20-11-6-17(7-12-20)18-8-13-21-22(15-18)31-23(30)28-21/h4-5,8-10,13,15,17,20H,2-3,6-7,11-12,14H2,1H3,(H,28,30)/t17-,20-. The van der Waals surface area contributed by atoms with Crippen molar-refractivity contribution < 1.29 is 17.6 Å². The number of aromatic nitrogens is 1. The number of aromatic amines is 1. The third kappa shape index (κ3) is 5.21. The third-order valence-electron chi connectivity index (χ3n) is 6.49. The minimum atomic E-state index is -4.28. The first-order valence-electron chi connectivity index (χ1n) is 10.8. The summed E-state index contributed by atoms with van der Waals surface area (Å²) in [6, 6.07) is 12.0. The van der Waals surface area contributed by atoms with Crippen molar-refractivity contribution in [2.24, 2.45) is 0 Å². The van der Waals surface area contributed by atoms with Gasteiger partial charge in [0.25, 0.3) is 0 Å². The van der Waals surface area contributed by atoms with E-state index in [9.17, 15) is 18.0 Å². The fraction of sp³-hybridized carbons (Fsp3) is 0.458. The molecule has 1 aliphatic rings. The number of benzene rings is 2. The summed E-state index contributed by atoms with van der Waals surface area (Å²) in [5.41, 5.74) is 2.92. The van der Waals surface area contributed by atoms with E-state index in [0.29, 0.717) is 17.5 Å². The van der Waals surface area contributed by atoms with Gasteiger partial charge < -0.3 is 9.32 Å². The molecule has 1 heterocycles. The van der Waals surface area contributed by atoms with E-state index in [1.807, 2.05) is 12.1 Å². The van der Waals surface area contributed by atoms with Gasteiger partial charge in [-0.2, -0.15) is 13.2 Å². The van der Waals surface area contributed by atoms with E-state index in [0.717, 1.165) is 68.3 Å². The molecule has 0 bridgehead atoms. The summed E-state index contributed by atoms with van der Waals surface area (Å²) >= 11 is 0. The smallest absolute Gasteiger partial charge is 0.408 e. The lowest BCUT2D eigenvalue weighted by atomic mass is 9.81. The summed E-state index contributed by atoms with van der Waals surface area (Å²) in [6.45, 7) is 0.927. The highest BCUT2D eigenvalue weighted by Crippen LogP contribution is 2.35. The molecule has 0 saturated heterocycles. The van der Waals surface area contributed by atoms with Gasteiger partial charge in [0.1, 0.15) is 0 Å². The van der Waals surface area contributed by atoms with Crippen molar-refractivity contribution in [1.29, 1.82) is 0 Å². The molecule has 2 aromatic carbocycles. The van der Waals surface area contributed by atoms with Gasteiger partial charge in [0, 0.05) is 6.04 Å². The van der Waals surface area contributed by atoms with Crippen LogP contribution >= 0.6 is 0 Å². The molecule has 166 valence electrons.